The van der Waals surface area contributed by atoms with Gasteiger partial charge in [0, 0.05) is 24.3 Å². The minimum Gasteiger partial charge on any atom is -0.399 e. The maximum atomic E-state index is 12.7. The fraction of sp³-hybridized carbons (Fsp3) is 0.455. The summed E-state index contributed by atoms with van der Waals surface area (Å²) in [4.78, 5) is 0. The molecule has 0 unspecified atom stereocenters. The van der Waals surface area contributed by atoms with E-state index in [4.69, 9.17) is 10.5 Å². The lowest BCUT2D eigenvalue weighted by Gasteiger charge is -2.13. The molecule has 0 radical (unpaired) electrons. The van der Waals surface area contributed by atoms with Crippen molar-refractivity contribution in [2.75, 3.05) is 25.2 Å². The second kappa shape index (κ2) is 6.16. The first-order valence-electron chi connectivity index (χ1n) is 4.97. The number of hydrogen-bond donors (Lipinski definition) is 1. The Balaban J connectivity index is 2.77. The molecule has 2 nitrogen and oxygen atoms in total. The first-order chi connectivity index (χ1) is 7.95. The minimum absolute atomic E-state index is 0.128. The fourth-order valence-corrected chi connectivity index (χ4v) is 2.21. The molecule has 1 rings (SSSR count). The highest BCUT2D eigenvalue weighted by Gasteiger charge is 2.33. The van der Waals surface area contributed by atoms with Gasteiger partial charge < -0.3 is 10.5 Å². The standard InChI is InChI=1S/C11H14F3NOS/c1-16-4-5-17-7-8-2-3-9(15)6-10(8)11(12,13)14/h2-3,6H,4-5,7,15H2,1H3. The Bertz CT molecular complexity index is 368. The number of benzene rings is 1. The van der Waals surface area contributed by atoms with Crippen LogP contribution in [0.1, 0.15) is 11.1 Å². The molecule has 0 saturated carbocycles. The van der Waals surface area contributed by atoms with E-state index >= 15 is 0 Å². The third-order valence-corrected chi connectivity index (χ3v) is 3.10. The number of methoxy groups -OCH3 is 1. The smallest absolute Gasteiger partial charge is 0.399 e. The molecule has 0 amide bonds. The third-order valence-electron chi connectivity index (χ3n) is 2.13. The van der Waals surface area contributed by atoms with Crippen LogP contribution >= 0.6 is 11.8 Å². The van der Waals surface area contributed by atoms with Crippen LogP contribution in [0.5, 0.6) is 0 Å². The number of ether oxygens (including phenoxy) is 1. The number of rotatable bonds is 5. The average molecular weight is 265 g/mol. The van der Waals surface area contributed by atoms with Gasteiger partial charge in [0.1, 0.15) is 0 Å². The highest BCUT2D eigenvalue weighted by Crippen LogP contribution is 2.34. The van der Waals surface area contributed by atoms with Crippen LogP contribution in [-0.4, -0.2) is 19.5 Å². The molecular formula is C11H14F3NOS. The Kier molecular flexibility index (Phi) is 5.14. The highest BCUT2D eigenvalue weighted by molar-refractivity contribution is 7.98. The lowest BCUT2D eigenvalue weighted by molar-refractivity contribution is -0.138. The van der Waals surface area contributed by atoms with Gasteiger partial charge in [0.15, 0.2) is 0 Å². The summed E-state index contributed by atoms with van der Waals surface area (Å²) in [5.74, 6) is 0.969. The molecule has 0 saturated heterocycles. The van der Waals surface area contributed by atoms with E-state index in [1.54, 1.807) is 7.11 Å². The van der Waals surface area contributed by atoms with Crippen molar-refractivity contribution in [1.82, 2.24) is 0 Å². The lowest BCUT2D eigenvalue weighted by atomic mass is 10.1. The molecule has 0 fully saturated rings. The lowest BCUT2D eigenvalue weighted by Crippen LogP contribution is -2.09. The summed E-state index contributed by atoms with van der Waals surface area (Å²) in [5.41, 5.74) is 5.11. The highest BCUT2D eigenvalue weighted by atomic mass is 32.2. The van der Waals surface area contributed by atoms with Gasteiger partial charge in [0.2, 0.25) is 0 Å². The normalized spacial score (nSPS) is 11.8. The van der Waals surface area contributed by atoms with Crippen molar-refractivity contribution in [3.8, 4) is 0 Å². The van der Waals surface area contributed by atoms with Gasteiger partial charge in [-0.15, -0.1) is 0 Å². The van der Waals surface area contributed by atoms with E-state index in [9.17, 15) is 13.2 Å². The second-order valence-electron chi connectivity index (χ2n) is 3.46. The maximum absolute atomic E-state index is 12.7. The molecule has 0 atom stereocenters. The van der Waals surface area contributed by atoms with E-state index < -0.39 is 11.7 Å². The van der Waals surface area contributed by atoms with E-state index in [2.05, 4.69) is 0 Å². The molecule has 6 heteroatoms. The fourth-order valence-electron chi connectivity index (χ4n) is 1.31. The summed E-state index contributed by atoms with van der Waals surface area (Å²) in [6.07, 6.45) is -4.35. The summed E-state index contributed by atoms with van der Waals surface area (Å²) < 4.78 is 43.0. The van der Waals surface area contributed by atoms with Crippen LogP contribution in [0.3, 0.4) is 0 Å². The summed E-state index contributed by atoms with van der Waals surface area (Å²) in [6, 6.07) is 3.89. The van der Waals surface area contributed by atoms with Gasteiger partial charge in [-0.2, -0.15) is 24.9 Å². The van der Waals surface area contributed by atoms with Crippen LogP contribution in [0.25, 0.3) is 0 Å². The van der Waals surface area contributed by atoms with Crippen molar-refractivity contribution in [2.45, 2.75) is 11.9 Å². The summed E-state index contributed by atoms with van der Waals surface area (Å²) >= 11 is 1.40. The minimum atomic E-state index is -4.35. The quantitative estimate of drug-likeness (QED) is 0.656. The van der Waals surface area contributed by atoms with Crippen LogP contribution in [-0.2, 0) is 16.7 Å². The van der Waals surface area contributed by atoms with Crippen LogP contribution in [0, 0.1) is 0 Å². The summed E-state index contributed by atoms with van der Waals surface area (Å²) in [7, 11) is 1.56. The van der Waals surface area contributed by atoms with Crippen LogP contribution < -0.4 is 5.73 Å². The van der Waals surface area contributed by atoms with E-state index in [1.165, 1.54) is 23.9 Å². The van der Waals surface area contributed by atoms with E-state index in [0.717, 1.165) is 6.07 Å². The number of nitrogens with two attached hydrogens (primary N) is 1. The average Bonchev–Trinajstić information content (AvgIpc) is 2.25. The monoisotopic (exact) mass is 265 g/mol. The molecule has 0 aliphatic heterocycles. The molecule has 0 aliphatic carbocycles. The van der Waals surface area contributed by atoms with Crippen LogP contribution in [0.15, 0.2) is 18.2 Å². The first kappa shape index (κ1) is 14.2. The van der Waals surface area contributed by atoms with Crippen molar-refractivity contribution in [3.05, 3.63) is 29.3 Å². The summed E-state index contributed by atoms with van der Waals surface area (Å²) in [6.45, 7) is 0.529. The van der Waals surface area contributed by atoms with E-state index in [1.807, 2.05) is 0 Å². The zero-order chi connectivity index (χ0) is 12.9. The molecule has 2 N–H and O–H groups in total. The number of hydrogen-bond acceptors (Lipinski definition) is 3. The Morgan fingerprint density at radius 2 is 2.06 bits per heavy atom. The van der Waals surface area contributed by atoms with Gasteiger partial charge in [0.25, 0.3) is 0 Å². The second-order valence-corrected chi connectivity index (χ2v) is 4.56. The molecule has 0 heterocycles. The van der Waals surface area contributed by atoms with Gasteiger partial charge >= 0.3 is 6.18 Å². The Labute approximate surface area is 102 Å². The number of thioether (sulfide) groups is 1. The van der Waals surface area contributed by atoms with Gasteiger partial charge in [-0.1, -0.05) is 6.07 Å². The molecule has 0 spiro atoms. The number of alkyl halides is 3. The van der Waals surface area contributed by atoms with Crippen molar-refractivity contribution in [2.24, 2.45) is 0 Å². The Morgan fingerprint density at radius 3 is 2.65 bits per heavy atom. The molecule has 1 aromatic rings. The van der Waals surface area contributed by atoms with Gasteiger partial charge in [0.05, 0.1) is 12.2 Å². The number of anilines is 1. The zero-order valence-corrected chi connectivity index (χ0v) is 10.2. The zero-order valence-electron chi connectivity index (χ0n) is 9.38. The van der Waals surface area contributed by atoms with Gasteiger partial charge in [-0.25, -0.2) is 0 Å². The molecule has 0 bridgehead atoms. The summed E-state index contributed by atoms with van der Waals surface area (Å²) in [5, 5.41) is 0. The first-order valence-corrected chi connectivity index (χ1v) is 6.13. The number of halogens is 3. The van der Waals surface area contributed by atoms with Crippen LogP contribution in [0.4, 0.5) is 18.9 Å². The molecule has 0 aromatic heterocycles. The van der Waals surface area contributed by atoms with E-state index in [0.29, 0.717) is 18.1 Å². The predicted octanol–water partition coefficient (Wildman–Crippen LogP) is 3.17. The predicted molar refractivity (Wildman–Crippen MR) is 63.9 cm³/mol. The van der Waals surface area contributed by atoms with Crippen molar-refractivity contribution in [3.63, 3.8) is 0 Å². The molecule has 0 aliphatic rings. The van der Waals surface area contributed by atoms with Crippen LogP contribution in [0.2, 0.25) is 0 Å². The van der Waals surface area contributed by atoms with Crippen molar-refractivity contribution < 1.29 is 17.9 Å². The van der Waals surface area contributed by atoms with Gasteiger partial charge in [-0.05, 0) is 17.7 Å². The van der Waals surface area contributed by atoms with Crippen molar-refractivity contribution in [1.29, 1.82) is 0 Å². The molecule has 17 heavy (non-hydrogen) atoms. The third kappa shape index (κ3) is 4.47. The van der Waals surface area contributed by atoms with E-state index in [-0.39, 0.29) is 11.3 Å². The Morgan fingerprint density at radius 1 is 1.35 bits per heavy atom. The maximum Gasteiger partial charge on any atom is 0.416 e. The number of nitrogen functional groups attached to an aromatic ring is 1. The topological polar surface area (TPSA) is 35.2 Å². The van der Waals surface area contributed by atoms with Crippen molar-refractivity contribution >= 4 is 17.4 Å². The molecule has 96 valence electrons. The SMILES string of the molecule is COCCSCc1ccc(N)cc1C(F)(F)F. The molecule has 1 aromatic carbocycles. The molecular weight excluding hydrogens is 251 g/mol. The largest absolute Gasteiger partial charge is 0.416 e. The Hall–Kier alpha value is -0.880. The van der Waals surface area contributed by atoms with Gasteiger partial charge in [-0.3, -0.25) is 0 Å².